The van der Waals surface area contributed by atoms with E-state index in [9.17, 15) is 4.79 Å². The lowest BCUT2D eigenvalue weighted by Crippen LogP contribution is -2.44. The van der Waals surface area contributed by atoms with Crippen LogP contribution in [0.3, 0.4) is 0 Å². The predicted molar refractivity (Wildman–Crippen MR) is 113 cm³/mol. The number of carbonyl (C=O) groups is 1. The fourth-order valence-electron chi connectivity index (χ4n) is 3.15. The third-order valence-corrected chi connectivity index (χ3v) is 5.02. The second-order valence-corrected chi connectivity index (χ2v) is 7.38. The number of likely N-dealkylation sites (N-methyl/N-ethyl adjacent to an activating group) is 1. The molecule has 0 bridgehead atoms. The van der Waals surface area contributed by atoms with E-state index >= 15 is 0 Å². The van der Waals surface area contributed by atoms with Gasteiger partial charge in [-0.2, -0.15) is 0 Å². The van der Waals surface area contributed by atoms with Crippen LogP contribution >= 0.6 is 11.6 Å². The summed E-state index contributed by atoms with van der Waals surface area (Å²) in [7, 11) is 2.15. The van der Waals surface area contributed by atoms with Crippen molar-refractivity contribution in [2.24, 2.45) is 0 Å². The lowest BCUT2D eigenvalue weighted by atomic mass is 10.1. The summed E-state index contributed by atoms with van der Waals surface area (Å²) < 4.78 is 0. The first-order valence-corrected chi connectivity index (χ1v) is 9.76. The quantitative estimate of drug-likeness (QED) is 0.718. The number of hydrogen-bond donors (Lipinski definition) is 2. The molecule has 6 heteroatoms. The molecule has 5 nitrogen and oxygen atoms in total. The Morgan fingerprint density at radius 2 is 1.81 bits per heavy atom. The maximum absolute atomic E-state index is 12.1. The summed E-state index contributed by atoms with van der Waals surface area (Å²) in [5, 5.41) is 6.85. The third kappa shape index (κ3) is 6.24. The van der Waals surface area contributed by atoms with Gasteiger partial charge in [0.15, 0.2) is 0 Å². The molecule has 0 spiro atoms. The van der Waals surface area contributed by atoms with Crippen molar-refractivity contribution in [3.05, 3.63) is 59.1 Å². The summed E-state index contributed by atoms with van der Waals surface area (Å²) in [6, 6.07) is 15.9. The van der Waals surface area contributed by atoms with Crippen molar-refractivity contribution in [1.29, 1.82) is 0 Å². The predicted octanol–water partition coefficient (Wildman–Crippen LogP) is 2.86. The molecule has 2 aromatic rings. The molecule has 2 N–H and O–H groups in total. The molecular formula is C21H27ClN4O. The zero-order valence-corrected chi connectivity index (χ0v) is 16.5. The van der Waals surface area contributed by atoms with Crippen LogP contribution in [0.4, 0.5) is 11.4 Å². The molecule has 1 heterocycles. The van der Waals surface area contributed by atoms with Crippen LogP contribution < -0.4 is 15.5 Å². The van der Waals surface area contributed by atoms with Crippen LogP contribution in [0.5, 0.6) is 0 Å². The fourth-order valence-corrected chi connectivity index (χ4v) is 3.37. The fraction of sp³-hybridized carbons (Fsp3) is 0.381. The molecule has 1 saturated heterocycles. The van der Waals surface area contributed by atoms with Crippen LogP contribution in [0.25, 0.3) is 0 Å². The highest BCUT2D eigenvalue weighted by molar-refractivity contribution is 6.30. The Kier molecular flexibility index (Phi) is 7.10. The molecule has 1 aliphatic rings. The summed E-state index contributed by atoms with van der Waals surface area (Å²) in [5.74, 6) is -0.0339. The number of nitrogens with zero attached hydrogens (tertiary/aromatic N) is 2. The lowest BCUT2D eigenvalue weighted by Gasteiger charge is -2.34. The number of halogens is 1. The first kappa shape index (κ1) is 19.7. The van der Waals surface area contributed by atoms with Crippen molar-refractivity contribution in [1.82, 2.24) is 10.2 Å². The minimum atomic E-state index is -0.0339. The van der Waals surface area contributed by atoms with E-state index in [1.54, 1.807) is 0 Å². The number of anilines is 2. The van der Waals surface area contributed by atoms with E-state index in [1.165, 1.54) is 5.69 Å². The maximum atomic E-state index is 12.1. The number of rotatable bonds is 7. The number of benzene rings is 2. The van der Waals surface area contributed by atoms with Gasteiger partial charge in [-0.05, 0) is 62.0 Å². The Balaban J connectivity index is 1.39. The van der Waals surface area contributed by atoms with Crippen LogP contribution in [0, 0.1) is 0 Å². The third-order valence-electron chi connectivity index (χ3n) is 4.78. The van der Waals surface area contributed by atoms with Crippen molar-refractivity contribution in [3.8, 4) is 0 Å². The Morgan fingerprint density at radius 3 is 2.52 bits per heavy atom. The molecule has 0 atom stereocenters. The van der Waals surface area contributed by atoms with Gasteiger partial charge >= 0.3 is 0 Å². The van der Waals surface area contributed by atoms with Gasteiger partial charge in [0.2, 0.25) is 5.91 Å². The van der Waals surface area contributed by atoms with E-state index in [0.29, 0.717) is 6.54 Å². The van der Waals surface area contributed by atoms with Crippen molar-refractivity contribution >= 4 is 28.9 Å². The Bertz CT molecular complexity index is 742. The molecule has 2 aromatic carbocycles. The molecule has 0 unspecified atom stereocenters. The summed E-state index contributed by atoms with van der Waals surface area (Å²) in [6.45, 7) is 5.27. The zero-order valence-electron chi connectivity index (χ0n) is 15.7. The van der Waals surface area contributed by atoms with Crippen molar-refractivity contribution < 1.29 is 4.79 Å². The van der Waals surface area contributed by atoms with Gasteiger partial charge < -0.3 is 20.4 Å². The number of carbonyl (C=O) groups excluding carboxylic acids is 1. The lowest BCUT2D eigenvalue weighted by molar-refractivity contribution is -0.115. The molecule has 1 amide bonds. The highest BCUT2D eigenvalue weighted by Crippen LogP contribution is 2.19. The number of amides is 1. The number of hydrogen-bond acceptors (Lipinski definition) is 4. The Morgan fingerprint density at radius 1 is 1.07 bits per heavy atom. The average molecular weight is 387 g/mol. The van der Waals surface area contributed by atoms with Gasteiger partial charge in [-0.15, -0.1) is 0 Å². The van der Waals surface area contributed by atoms with Gasteiger partial charge in [0.25, 0.3) is 0 Å². The van der Waals surface area contributed by atoms with Gasteiger partial charge in [0.1, 0.15) is 0 Å². The van der Waals surface area contributed by atoms with Gasteiger partial charge in [-0.1, -0.05) is 23.7 Å². The molecule has 0 radical (unpaired) electrons. The standard InChI is InChI=1S/C21H27ClN4O/c1-25-11-13-26(14-12-25)20-7-5-19(6-8-20)24-21(27)16-23-10-9-17-3-2-4-18(22)15-17/h2-8,15,23H,9-14,16H2,1H3,(H,24,27). The van der Waals surface area contributed by atoms with E-state index in [2.05, 4.69) is 39.6 Å². The second kappa shape index (κ2) is 9.74. The number of piperazine rings is 1. The number of nitrogens with one attached hydrogen (secondary N) is 2. The molecule has 0 saturated carbocycles. The monoisotopic (exact) mass is 386 g/mol. The molecule has 3 rings (SSSR count). The van der Waals surface area contributed by atoms with Gasteiger partial charge in [-0.3, -0.25) is 4.79 Å². The Labute approximate surface area is 166 Å². The molecular weight excluding hydrogens is 360 g/mol. The van der Waals surface area contributed by atoms with Crippen LogP contribution in [-0.4, -0.2) is 57.1 Å². The van der Waals surface area contributed by atoms with Crippen molar-refractivity contribution in [2.45, 2.75) is 6.42 Å². The van der Waals surface area contributed by atoms with E-state index in [4.69, 9.17) is 11.6 Å². The minimum absolute atomic E-state index is 0.0339. The molecule has 1 aliphatic heterocycles. The normalized spacial score (nSPS) is 15.0. The van der Waals surface area contributed by atoms with Crippen LogP contribution in [0.1, 0.15) is 5.56 Å². The zero-order chi connectivity index (χ0) is 19.1. The topological polar surface area (TPSA) is 47.6 Å². The summed E-state index contributed by atoms with van der Waals surface area (Å²) >= 11 is 5.98. The largest absolute Gasteiger partial charge is 0.369 e. The molecule has 27 heavy (non-hydrogen) atoms. The molecule has 144 valence electrons. The summed E-state index contributed by atoms with van der Waals surface area (Å²) in [5.41, 5.74) is 3.20. The first-order chi connectivity index (χ1) is 13.1. The van der Waals surface area contributed by atoms with Crippen LogP contribution in [0.2, 0.25) is 5.02 Å². The Hall–Kier alpha value is -2.08. The van der Waals surface area contributed by atoms with E-state index in [-0.39, 0.29) is 5.91 Å². The molecule has 1 fully saturated rings. The summed E-state index contributed by atoms with van der Waals surface area (Å²) in [4.78, 5) is 16.8. The van der Waals surface area contributed by atoms with Crippen molar-refractivity contribution in [3.63, 3.8) is 0 Å². The minimum Gasteiger partial charge on any atom is -0.369 e. The highest BCUT2D eigenvalue weighted by Gasteiger charge is 2.14. The van der Waals surface area contributed by atoms with E-state index in [0.717, 1.165) is 55.4 Å². The van der Waals surface area contributed by atoms with Gasteiger partial charge in [0.05, 0.1) is 6.54 Å². The van der Waals surface area contributed by atoms with Crippen LogP contribution in [0.15, 0.2) is 48.5 Å². The SMILES string of the molecule is CN1CCN(c2ccc(NC(=O)CNCCc3cccc(Cl)c3)cc2)CC1. The first-order valence-electron chi connectivity index (χ1n) is 9.39. The van der Waals surface area contributed by atoms with Crippen LogP contribution in [-0.2, 0) is 11.2 Å². The smallest absolute Gasteiger partial charge is 0.238 e. The van der Waals surface area contributed by atoms with E-state index < -0.39 is 0 Å². The molecule has 0 aliphatic carbocycles. The van der Waals surface area contributed by atoms with Gasteiger partial charge in [-0.25, -0.2) is 0 Å². The second-order valence-electron chi connectivity index (χ2n) is 6.94. The summed E-state index contributed by atoms with van der Waals surface area (Å²) in [6.07, 6.45) is 0.841. The highest BCUT2D eigenvalue weighted by atomic mass is 35.5. The van der Waals surface area contributed by atoms with Gasteiger partial charge in [0, 0.05) is 42.6 Å². The maximum Gasteiger partial charge on any atom is 0.238 e. The molecule has 0 aromatic heterocycles. The van der Waals surface area contributed by atoms with Crippen molar-refractivity contribution in [2.75, 3.05) is 56.5 Å². The average Bonchev–Trinajstić information content (AvgIpc) is 2.67. The van der Waals surface area contributed by atoms with E-state index in [1.807, 2.05) is 36.4 Å².